The maximum absolute atomic E-state index is 12.9. The first-order chi connectivity index (χ1) is 11.7. The van der Waals surface area contributed by atoms with Crippen LogP contribution in [0.3, 0.4) is 0 Å². The van der Waals surface area contributed by atoms with Crippen LogP contribution in [0, 0.1) is 0 Å². The Balaban J connectivity index is 1.44. The van der Waals surface area contributed by atoms with Crippen LogP contribution >= 0.6 is 0 Å². The smallest absolute Gasteiger partial charge is 0.230 e. The predicted molar refractivity (Wildman–Crippen MR) is 90.4 cm³/mol. The first-order valence-corrected chi connectivity index (χ1v) is 8.63. The summed E-state index contributed by atoms with van der Waals surface area (Å²) in [5, 5.41) is 3.28. The number of aryl methyl sites for hydroxylation is 1. The molecule has 2 atom stereocenters. The van der Waals surface area contributed by atoms with E-state index in [0.29, 0.717) is 6.61 Å². The number of amides is 1. The van der Waals surface area contributed by atoms with Crippen molar-refractivity contribution in [3.8, 4) is 0 Å². The normalized spacial score (nSPS) is 25.2. The van der Waals surface area contributed by atoms with Gasteiger partial charge in [0.05, 0.1) is 23.6 Å². The Morgan fingerprint density at radius 3 is 2.79 bits per heavy atom. The topological polar surface area (TPSA) is 56.2 Å². The third kappa shape index (κ3) is 2.73. The van der Waals surface area contributed by atoms with Gasteiger partial charge in [-0.1, -0.05) is 30.3 Å². The minimum Gasteiger partial charge on any atom is -0.372 e. The number of nitrogens with one attached hydrogen (secondary N) is 1. The molecule has 1 amide bonds. The first kappa shape index (κ1) is 15.4. The molecule has 0 unspecified atom stereocenters. The van der Waals surface area contributed by atoms with Gasteiger partial charge in [-0.3, -0.25) is 4.79 Å². The van der Waals surface area contributed by atoms with Crippen LogP contribution in [0.5, 0.6) is 0 Å². The molecular weight excluding hydrogens is 302 g/mol. The van der Waals surface area contributed by atoms with Gasteiger partial charge in [-0.25, -0.2) is 4.98 Å². The minimum absolute atomic E-state index is 0.00317. The Morgan fingerprint density at radius 2 is 2.12 bits per heavy atom. The molecule has 1 N–H and O–H groups in total. The first-order valence-electron chi connectivity index (χ1n) is 8.63. The molecule has 2 fully saturated rings. The van der Waals surface area contributed by atoms with Gasteiger partial charge < -0.3 is 14.6 Å². The van der Waals surface area contributed by atoms with Crippen LogP contribution in [0.15, 0.2) is 42.9 Å². The molecule has 2 aliphatic rings. The fourth-order valence-corrected chi connectivity index (χ4v) is 3.66. The van der Waals surface area contributed by atoms with E-state index in [9.17, 15) is 4.79 Å². The molecule has 126 valence electrons. The van der Waals surface area contributed by atoms with Crippen molar-refractivity contribution in [2.75, 3.05) is 6.61 Å². The molecule has 1 aromatic carbocycles. The summed E-state index contributed by atoms with van der Waals surface area (Å²) in [6, 6.07) is 10.3. The van der Waals surface area contributed by atoms with Crippen LogP contribution in [0.1, 0.15) is 43.0 Å². The Morgan fingerprint density at radius 1 is 1.33 bits per heavy atom. The van der Waals surface area contributed by atoms with Gasteiger partial charge in [-0.2, -0.15) is 0 Å². The highest BCUT2D eigenvalue weighted by molar-refractivity contribution is 5.91. The van der Waals surface area contributed by atoms with E-state index in [-0.39, 0.29) is 23.5 Å². The molecule has 0 bridgehead atoms. The van der Waals surface area contributed by atoms with E-state index >= 15 is 0 Å². The molecule has 5 nitrogen and oxygen atoms in total. The molecule has 1 aromatic heterocycles. The zero-order chi connectivity index (χ0) is 16.6. The molecule has 1 aliphatic heterocycles. The number of imidazole rings is 1. The standard InChI is InChI=1S/C19H23N3O2/c1-22-13-20-12-16(22)17-11-15(7-10-24-17)21-18(23)19(8-9-19)14-5-3-2-4-6-14/h2-6,12-13,15,17H,7-11H2,1H3,(H,21,23)/t15-,17-/m1/s1. The lowest BCUT2D eigenvalue weighted by Gasteiger charge is -2.31. The third-order valence-corrected chi connectivity index (χ3v) is 5.31. The third-order valence-electron chi connectivity index (χ3n) is 5.31. The lowest BCUT2D eigenvalue weighted by molar-refractivity contribution is -0.125. The fraction of sp³-hybridized carbons (Fsp3) is 0.474. The average Bonchev–Trinajstić information content (AvgIpc) is 3.32. The van der Waals surface area contributed by atoms with Crippen molar-refractivity contribution in [1.82, 2.24) is 14.9 Å². The molecule has 1 saturated heterocycles. The molecule has 1 saturated carbocycles. The number of carbonyl (C=O) groups excluding carboxylic acids is 1. The maximum Gasteiger partial charge on any atom is 0.230 e. The second kappa shape index (κ2) is 6.06. The Bertz CT molecular complexity index is 721. The van der Waals surface area contributed by atoms with Crippen molar-refractivity contribution in [2.45, 2.75) is 43.2 Å². The minimum atomic E-state index is -0.304. The van der Waals surface area contributed by atoms with Crippen molar-refractivity contribution in [1.29, 1.82) is 0 Å². The zero-order valence-electron chi connectivity index (χ0n) is 13.9. The predicted octanol–water partition coefficient (Wildman–Crippen LogP) is 2.49. The van der Waals surface area contributed by atoms with E-state index in [4.69, 9.17) is 4.74 Å². The molecule has 5 heteroatoms. The van der Waals surface area contributed by atoms with Gasteiger partial charge in [0.2, 0.25) is 5.91 Å². The second-order valence-electron chi connectivity index (χ2n) is 6.93. The lowest BCUT2D eigenvalue weighted by atomic mass is 9.93. The van der Waals surface area contributed by atoms with Gasteiger partial charge >= 0.3 is 0 Å². The van der Waals surface area contributed by atoms with Crippen molar-refractivity contribution in [3.05, 3.63) is 54.1 Å². The summed E-state index contributed by atoms with van der Waals surface area (Å²) < 4.78 is 7.88. The number of benzene rings is 1. The average molecular weight is 325 g/mol. The van der Waals surface area contributed by atoms with Crippen LogP contribution < -0.4 is 5.32 Å². The monoisotopic (exact) mass is 325 g/mol. The van der Waals surface area contributed by atoms with Crippen LogP contribution in [0.2, 0.25) is 0 Å². The SMILES string of the molecule is Cn1cncc1[C@H]1C[C@H](NC(=O)C2(c3ccccc3)CC2)CCO1. The van der Waals surface area contributed by atoms with Crippen LogP contribution in [-0.4, -0.2) is 28.1 Å². The van der Waals surface area contributed by atoms with Crippen molar-refractivity contribution in [3.63, 3.8) is 0 Å². The maximum atomic E-state index is 12.9. The lowest BCUT2D eigenvalue weighted by Crippen LogP contribution is -2.44. The summed E-state index contributed by atoms with van der Waals surface area (Å²) in [5.41, 5.74) is 1.90. The summed E-state index contributed by atoms with van der Waals surface area (Å²) in [6.07, 6.45) is 7.19. The Kier molecular flexibility index (Phi) is 3.88. The quantitative estimate of drug-likeness (QED) is 0.939. The van der Waals surface area contributed by atoms with Crippen molar-refractivity contribution in [2.24, 2.45) is 7.05 Å². The number of rotatable bonds is 4. The van der Waals surface area contributed by atoms with Gasteiger partial charge in [0.25, 0.3) is 0 Å². The number of hydrogen-bond acceptors (Lipinski definition) is 3. The number of hydrogen-bond donors (Lipinski definition) is 1. The fourth-order valence-electron chi connectivity index (χ4n) is 3.66. The molecule has 1 aliphatic carbocycles. The highest BCUT2D eigenvalue weighted by atomic mass is 16.5. The number of ether oxygens (including phenoxy) is 1. The number of aromatic nitrogens is 2. The summed E-state index contributed by atoms with van der Waals surface area (Å²) >= 11 is 0. The molecule has 2 heterocycles. The van der Waals surface area contributed by atoms with Crippen LogP contribution in [-0.2, 0) is 22.0 Å². The molecule has 0 radical (unpaired) electrons. The van der Waals surface area contributed by atoms with Crippen LogP contribution in [0.4, 0.5) is 0 Å². The summed E-state index contributed by atoms with van der Waals surface area (Å²) in [7, 11) is 1.97. The summed E-state index contributed by atoms with van der Waals surface area (Å²) in [6.45, 7) is 0.666. The summed E-state index contributed by atoms with van der Waals surface area (Å²) in [5.74, 6) is 0.171. The Hall–Kier alpha value is -2.14. The molecule has 24 heavy (non-hydrogen) atoms. The van der Waals surface area contributed by atoms with E-state index in [2.05, 4.69) is 22.4 Å². The summed E-state index contributed by atoms with van der Waals surface area (Å²) in [4.78, 5) is 17.1. The van der Waals surface area contributed by atoms with Crippen LogP contribution in [0.25, 0.3) is 0 Å². The van der Waals surface area contributed by atoms with E-state index in [1.165, 1.54) is 0 Å². The highest BCUT2D eigenvalue weighted by Crippen LogP contribution is 2.48. The van der Waals surface area contributed by atoms with E-state index in [1.807, 2.05) is 36.0 Å². The molecular formula is C19H23N3O2. The van der Waals surface area contributed by atoms with Gasteiger partial charge in [-0.05, 0) is 31.2 Å². The van der Waals surface area contributed by atoms with E-state index < -0.39 is 0 Å². The largest absolute Gasteiger partial charge is 0.372 e. The van der Waals surface area contributed by atoms with E-state index in [0.717, 1.165) is 36.9 Å². The van der Waals surface area contributed by atoms with Gasteiger partial charge in [-0.15, -0.1) is 0 Å². The number of nitrogens with zero attached hydrogens (tertiary/aromatic N) is 2. The highest BCUT2D eigenvalue weighted by Gasteiger charge is 2.51. The van der Waals surface area contributed by atoms with Crippen molar-refractivity contribution < 1.29 is 9.53 Å². The molecule has 0 spiro atoms. The molecule has 2 aromatic rings. The van der Waals surface area contributed by atoms with Crippen molar-refractivity contribution >= 4 is 5.91 Å². The Labute approximate surface area is 142 Å². The zero-order valence-corrected chi connectivity index (χ0v) is 13.9. The number of carbonyl (C=O) groups is 1. The van der Waals surface area contributed by atoms with E-state index in [1.54, 1.807) is 6.33 Å². The second-order valence-corrected chi connectivity index (χ2v) is 6.93. The molecule has 4 rings (SSSR count). The van der Waals surface area contributed by atoms with Gasteiger partial charge in [0.15, 0.2) is 0 Å². The van der Waals surface area contributed by atoms with Gasteiger partial charge in [0, 0.05) is 19.7 Å². The van der Waals surface area contributed by atoms with Gasteiger partial charge in [0.1, 0.15) is 6.10 Å².